The number of halogens is 2. The van der Waals surface area contributed by atoms with Crippen molar-refractivity contribution >= 4 is 42.9 Å². The Balaban J connectivity index is 3.03. The molecule has 0 amide bonds. The van der Waals surface area contributed by atoms with E-state index in [-0.39, 0.29) is 5.69 Å². The van der Waals surface area contributed by atoms with E-state index in [1.54, 1.807) is 6.20 Å². The predicted octanol–water partition coefficient (Wildman–Crippen LogP) is 1.78. The summed E-state index contributed by atoms with van der Waals surface area (Å²) in [5.41, 5.74) is 1.16. The number of rotatable bonds is 0. The molecule has 0 aliphatic heterocycles. The maximum absolute atomic E-state index is 10.9. The molecule has 6 heteroatoms. The van der Waals surface area contributed by atoms with Crippen LogP contribution in [0, 0.1) is 0 Å². The molecule has 2 aromatic heterocycles. The summed E-state index contributed by atoms with van der Waals surface area (Å²) in [6, 6.07) is 0. The van der Waals surface area contributed by atoms with Crippen molar-refractivity contribution in [3.63, 3.8) is 0 Å². The van der Waals surface area contributed by atoms with Crippen LogP contribution in [0.2, 0.25) is 0 Å². The highest BCUT2D eigenvalue weighted by atomic mass is 79.9. The van der Waals surface area contributed by atoms with Crippen molar-refractivity contribution in [3.05, 3.63) is 25.8 Å². The summed E-state index contributed by atoms with van der Waals surface area (Å²) in [5.74, 6) is 0. The summed E-state index contributed by atoms with van der Waals surface area (Å²) < 4.78 is 1.39. The lowest BCUT2D eigenvalue weighted by molar-refractivity contribution is 1.21. The van der Waals surface area contributed by atoms with E-state index in [9.17, 15) is 4.79 Å². The molecular formula is C6H3Br2N3O. The van der Waals surface area contributed by atoms with E-state index in [1.165, 1.54) is 0 Å². The van der Waals surface area contributed by atoms with Crippen LogP contribution < -0.4 is 5.69 Å². The molecule has 0 saturated heterocycles. The fourth-order valence-electron chi connectivity index (χ4n) is 0.960. The minimum absolute atomic E-state index is 0.237. The summed E-state index contributed by atoms with van der Waals surface area (Å²) in [6.07, 6.45) is 1.62. The Bertz CT molecular complexity index is 445. The van der Waals surface area contributed by atoms with E-state index in [0.29, 0.717) is 10.1 Å². The van der Waals surface area contributed by atoms with Crippen molar-refractivity contribution in [2.24, 2.45) is 0 Å². The number of fused-ring (bicyclic) bond motifs is 1. The van der Waals surface area contributed by atoms with E-state index in [1.807, 2.05) is 0 Å². The van der Waals surface area contributed by atoms with E-state index < -0.39 is 0 Å². The number of aromatic amines is 2. The van der Waals surface area contributed by atoms with Gasteiger partial charge in [-0.15, -0.1) is 0 Å². The Hall–Kier alpha value is -0.620. The first-order valence-corrected chi connectivity index (χ1v) is 4.69. The number of aromatic nitrogens is 3. The molecular weight excluding hydrogens is 290 g/mol. The van der Waals surface area contributed by atoms with Crippen molar-refractivity contribution in [3.8, 4) is 0 Å². The number of hydrogen-bond donors (Lipinski definition) is 2. The van der Waals surface area contributed by atoms with Crippen LogP contribution >= 0.6 is 31.9 Å². The number of nitrogens with zero attached hydrogens (tertiary/aromatic N) is 1. The second kappa shape index (κ2) is 2.70. The van der Waals surface area contributed by atoms with Gasteiger partial charge in [0.25, 0.3) is 0 Å². The third-order valence-electron chi connectivity index (χ3n) is 1.46. The second-order valence-corrected chi connectivity index (χ2v) is 3.83. The summed E-state index contributed by atoms with van der Waals surface area (Å²) in [5, 5.41) is 0. The first kappa shape index (κ1) is 8.00. The van der Waals surface area contributed by atoms with E-state index >= 15 is 0 Å². The lowest BCUT2D eigenvalue weighted by Gasteiger charge is -1.93. The molecule has 0 aromatic carbocycles. The third-order valence-corrected chi connectivity index (χ3v) is 2.67. The minimum atomic E-state index is -0.237. The van der Waals surface area contributed by atoms with Crippen LogP contribution in [0.25, 0.3) is 11.0 Å². The smallest absolute Gasteiger partial charge is 0.305 e. The molecule has 2 N–H and O–H groups in total. The van der Waals surface area contributed by atoms with Gasteiger partial charge in [-0.05, 0) is 31.9 Å². The van der Waals surface area contributed by atoms with Crippen LogP contribution in [0.5, 0.6) is 0 Å². The molecule has 0 radical (unpaired) electrons. The van der Waals surface area contributed by atoms with E-state index in [0.717, 1.165) is 9.99 Å². The Morgan fingerprint density at radius 3 is 2.58 bits per heavy atom. The number of hydrogen-bond acceptors (Lipinski definition) is 2. The fraction of sp³-hybridized carbons (Fsp3) is 0. The van der Waals surface area contributed by atoms with Gasteiger partial charge in [0.05, 0.1) is 9.99 Å². The molecule has 0 fully saturated rings. The Morgan fingerprint density at radius 1 is 1.25 bits per heavy atom. The average molecular weight is 293 g/mol. The molecule has 0 unspecified atom stereocenters. The molecule has 0 bridgehead atoms. The zero-order chi connectivity index (χ0) is 8.72. The molecule has 0 aliphatic carbocycles. The van der Waals surface area contributed by atoms with Crippen molar-refractivity contribution < 1.29 is 0 Å². The van der Waals surface area contributed by atoms with Crippen LogP contribution in [0.1, 0.15) is 0 Å². The highest BCUT2D eigenvalue weighted by molar-refractivity contribution is 9.11. The van der Waals surface area contributed by atoms with Crippen LogP contribution in [0.15, 0.2) is 20.1 Å². The fourth-order valence-corrected chi connectivity index (χ4v) is 1.76. The lowest BCUT2D eigenvalue weighted by Crippen LogP contribution is -1.99. The normalized spacial score (nSPS) is 10.8. The van der Waals surface area contributed by atoms with Crippen molar-refractivity contribution in [1.29, 1.82) is 0 Å². The molecule has 2 rings (SSSR count). The second-order valence-electron chi connectivity index (χ2n) is 2.23. The molecule has 2 aromatic rings. The quantitative estimate of drug-likeness (QED) is 0.727. The Labute approximate surface area is 83.7 Å². The molecule has 4 nitrogen and oxygen atoms in total. The van der Waals surface area contributed by atoms with Gasteiger partial charge < -0.3 is 9.97 Å². The van der Waals surface area contributed by atoms with Crippen molar-refractivity contribution in [1.82, 2.24) is 15.0 Å². The largest absolute Gasteiger partial charge is 0.323 e. The molecule has 0 atom stereocenters. The first-order valence-electron chi connectivity index (χ1n) is 3.10. The number of pyridine rings is 1. The standard InChI is InChI=1S/C6H3Br2N3O/c7-2-1-9-5(8)4-3(2)10-6(12)11-4/h1H,(H2,10,11,12). The molecule has 12 heavy (non-hydrogen) atoms. The number of imidazole rings is 1. The summed E-state index contributed by atoms with van der Waals surface area (Å²) in [4.78, 5) is 20.2. The maximum atomic E-state index is 10.9. The molecule has 0 saturated carbocycles. The average Bonchev–Trinajstić information content (AvgIpc) is 2.41. The SMILES string of the molecule is O=c1[nH]c2c(Br)cnc(Br)c2[nH]1. The zero-order valence-electron chi connectivity index (χ0n) is 5.69. The van der Waals surface area contributed by atoms with E-state index in [2.05, 4.69) is 46.8 Å². The van der Waals surface area contributed by atoms with Crippen LogP contribution in [0.3, 0.4) is 0 Å². The van der Waals surface area contributed by atoms with Gasteiger partial charge in [-0.1, -0.05) is 0 Å². The topological polar surface area (TPSA) is 61.5 Å². The maximum Gasteiger partial charge on any atom is 0.323 e. The van der Waals surface area contributed by atoms with Crippen molar-refractivity contribution in [2.45, 2.75) is 0 Å². The molecule has 2 heterocycles. The van der Waals surface area contributed by atoms with Gasteiger partial charge in [0.2, 0.25) is 0 Å². The van der Waals surface area contributed by atoms with Gasteiger partial charge in [-0.2, -0.15) is 0 Å². The number of H-pyrrole nitrogens is 2. The molecule has 0 aliphatic rings. The number of nitrogens with one attached hydrogen (secondary N) is 2. The van der Waals surface area contributed by atoms with E-state index in [4.69, 9.17) is 0 Å². The minimum Gasteiger partial charge on any atom is -0.305 e. The first-order chi connectivity index (χ1) is 5.68. The summed E-state index contributed by atoms with van der Waals surface area (Å²) >= 11 is 6.49. The van der Waals surface area contributed by atoms with Crippen LogP contribution in [-0.2, 0) is 0 Å². The molecule has 62 valence electrons. The van der Waals surface area contributed by atoms with Crippen LogP contribution in [-0.4, -0.2) is 15.0 Å². The van der Waals surface area contributed by atoms with Gasteiger partial charge >= 0.3 is 5.69 Å². The predicted molar refractivity (Wildman–Crippen MR) is 52.1 cm³/mol. The zero-order valence-corrected chi connectivity index (χ0v) is 8.86. The van der Waals surface area contributed by atoms with Gasteiger partial charge in [0.1, 0.15) is 10.1 Å². The lowest BCUT2D eigenvalue weighted by atomic mass is 10.4. The van der Waals surface area contributed by atoms with Crippen molar-refractivity contribution in [2.75, 3.05) is 0 Å². The summed E-state index contributed by atoms with van der Waals surface area (Å²) in [6.45, 7) is 0. The van der Waals surface area contributed by atoms with Gasteiger partial charge in [0, 0.05) is 6.20 Å². The van der Waals surface area contributed by atoms with Gasteiger partial charge in [-0.25, -0.2) is 9.78 Å². The van der Waals surface area contributed by atoms with Gasteiger partial charge in [-0.3, -0.25) is 0 Å². The highest BCUT2D eigenvalue weighted by Gasteiger charge is 2.06. The monoisotopic (exact) mass is 291 g/mol. The third kappa shape index (κ3) is 1.11. The summed E-state index contributed by atoms with van der Waals surface area (Å²) in [7, 11) is 0. The van der Waals surface area contributed by atoms with Crippen LogP contribution in [0.4, 0.5) is 0 Å². The van der Waals surface area contributed by atoms with Gasteiger partial charge in [0.15, 0.2) is 0 Å². The molecule has 0 spiro atoms. The Kier molecular flexibility index (Phi) is 1.80. The Morgan fingerprint density at radius 2 is 1.92 bits per heavy atom. The highest BCUT2D eigenvalue weighted by Crippen LogP contribution is 2.23.